The van der Waals surface area contributed by atoms with Gasteiger partial charge in [-0.1, -0.05) is 6.92 Å². The van der Waals surface area contributed by atoms with Gasteiger partial charge in [0.1, 0.15) is 5.82 Å². The maximum absolute atomic E-state index is 13.1. The molecule has 2 aliphatic heterocycles. The predicted molar refractivity (Wildman–Crippen MR) is 111 cm³/mol. The van der Waals surface area contributed by atoms with Gasteiger partial charge in [0.2, 0.25) is 5.82 Å². The molecule has 1 N–H and O–H groups in total. The van der Waals surface area contributed by atoms with Crippen LogP contribution in [0.1, 0.15) is 54.5 Å². The van der Waals surface area contributed by atoms with Crippen LogP contribution in [0.3, 0.4) is 0 Å². The molecule has 28 heavy (non-hydrogen) atoms. The number of rotatable bonds is 5. The molecule has 0 unspecified atom stereocenters. The predicted octanol–water partition coefficient (Wildman–Crippen LogP) is 1.86. The molecule has 156 valence electrons. The van der Waals surface area contributed by atoms with Gasteiger partial charge in [-0.25, -0.2) is 9.97 Å². The maximum Gasteiger partial charge on any atom is 0.291 e. The normalized spacial score (nSPS) is 22.2. The van der Waals surface area contributed by atoms with E-state index in [1.807, 2.05) is 18.7 Å². The van der Waals surface area contributed by atoms with Crippen molar-refractivity contribution < 1.29 is 9.90 Å². The van der Waals surface area contributed by atoms with Crippen molar-refractivity contribution >= 4 is 11.7 Å². The van der Waals surface area contributed by atoms with E-state index in [2.05, 4.69) is 35.8 Å². The molecule has 1 aromatic rings. The number of carbonyl (C=O) groups is 1. The Morgan fingerprint density at radius 1 is 1.21 bits per heavy atom. The fourth-order valence-electron chi connectivity index (χ4n) is 4.32. The number of likely N-dealkylation sites (N-methyl/N-ethyl adjacent to an activating group) is 1. The van der Waals surface area contributed by atoms with E-state index >= 15 is 0 Å². The van der Waals surface area contributed by atoms with E-state index in [1.165, 1.54) is 0 Å². The average molecular weight is 390 g/mol. The molecule has 3 heterocycles. The van der Waals surface area contributed by atoms with Gasteiger partial charge in [0.05, 0.1) is 0 Å². The molecule has 3 rings (SSSR count). The third-order valence-corrected chi connectivity index (χ3v) is 6.94. The Balaban J connectivity index is 1.78. The van der Waals surface area contributed by atoms with Gasteiger partial charge < -0.3 is 19.8 Å². The molecule has 2 saturated heterocycles. The van der Waals surface area contributed by atoms with Crippen LogP contribution in [0.25, 0.3) is 0 Å². The molecule has 1 atom stereocenters. The highest BCUT2D eigenvalue weighted by atomic mass is 16.3. The minimum absolute atomic E-state index is 0.0390. The number of nitrogens with zero attached hydrogens (tertiary/aromatic N) is 5. The highest BCUT2D eigenvalue weighted by molar-refractivity contribution is 5.91. The van der Waals surface area contributed by atoms with Crippen LogP contribution in [0, 0.1) is 19.3 Å². The van der Waals surface area contributed by atoms with Crippen molar-refractivity contribution in [2.45, 2.75) is 52.5 Å². The van der Waals surface area contributed by atoms with Crippen LogP contribution in [0.15, 0.2) is 0 Å². The topological polar surface area (TPSA) is 72.8 Å². The van der Waals surface area contributed by atoms with Crippen LogP contribution in [-0.2, 0) is 0 Å². The number of anilines is 1. The van der Waals surface area contributed by atoms with Gasteiger partial charge >= 0.3 is 0 Å². The summed E-state index contributed by atoms with van der Waals surface area (Å²) in [6.45, 7) is 9.50. The number of hydrogen-bond acceptors (Lipinski definition) is 6. The van der Waals surface area contributed by atoms with Gasteiger partial charge in [0.25, 0.3) is 5.91 Å². The molecule has 7 nitrogen and oxygen atoms in total. The summed E-state index contributed by atoms with van der Waals surface area (Å²) in [5.41, 5.74) is 1.89. The number of aromatic nitrogens is 2. The van der Waals surface area contributed by atoms with Crippen molar-refractivity contribution in [2.75, 3.05) is 51.8 Å². The van der Waals surface area contributed by atoms with E-state index in [1.54, 1.807) is 0 Å². The zero-order valence-electron chi connectivity index (χ0n) is 18.0. The number of aliphatic hydroxyl groups excluding tert-OH is 1. The lowest BCUT2D eigenvalue weighted by Crippen LogP contribution is -2.45. The highest BCUT2D eigenvalue weighted by Crippen LogP contribution is 2.34. The minimum atomic E-state index is -0.0876. The SMILES string of the molecule is CCC1(CO)CCN(C(=O)c2nc(C)c(C)c(N3CC[C@@H](N(C)C)C3)n2)CC1. The number of aliphatic hydroxyl groups is 1. The molecule has 2 aliphatic rings. The number of hydrogen-bond donors (Lipinski definition) is 1. The molecule has 0 aliphatic carbocycles. The second kappa shape index (κ2) is 8.33. The molecule has 1 amide bonds. The fourth-order valence-corrected chi connectivity index (χ4v) is 4.32. The van der Waals surface area contributed by atoms with Crippen LogP contribution >= 0.6 is 0 Å². The summed E-state index contributed by atoms with van der Waals surface area (Å²) in [5.74, 6) is 1.12. The number of piperidine rings is 1. The lowest BCUT2D eigenvalue weighted by Gasteiger charge is -2.40. The lowest BCUT2D eigenvalue weighted by molar-refractivity contribution is 0.0331. The number of amides is 1. The van der Waals surface area contributed by atoms with Gasteiger partial charge in [0, 0.05) is 50.1 Å². The molecular weight excluding hydrogens is 354 g/mol. The third kappa shape index (κ3) is 4.01. The molecule has 0 saturated carbocycles. The van der Waals surface area contributed by atoms with Crippen LogP contribution in [0.5, 0.6) is 0 Å². The summed E-state index contributed by atoms with van der Waals surface area (Å²) in [7, 11) is 4.22. The Kier molecular flexibility index (Phi) is 6.25. The first-order valence-electron chi connectivity index (χ1n) is 10.5. The Morgan fingerprint density at radius 3 is 2.43 bits per heavy atom. The van der Waals surface area contributed by atoms with Crippen LogP contribution in [0.4, 0.5) is 5.82 Å². The molecule has 0 aromatic carbocycles. The molecule has 2 fully saturated rings. The lowest BCUT2D eigenvalue weighted by atomic mass is 9.77. The van der Waals surface area contributed by atoms with E-state index in [9.17, 15) is 9.90 Å². The van der Waals surface area contributed by atoms with Crippen molar-refractivity contribution in [1.29, 1.82) is 0 Å². The van der Waals surface area contributed by atoms with E-state index in [0.29, 0.717) is 25.0 Å². The first-order valence-corrected chi connectivity index (χ1v) is 10.5. The maximum atomic E-state index is 13.1. The minimum Gasteiger partial charge on any atom is -0.396 e. The second-order valence-electron chi connectivity index (χ2n) is 8.74. The van der Waals surface area contributed by atoms with Crippen molar-refractivity contribution in [3.05, 3.63) is 17.1 Å². The van der Waals surface area contributed by atoms with Crippen molar-refractivity contribution in [1.82, 2.24) is 19.8 Å². The van der Waals surface area contributed by atoms with E-state index < -0.39 is 0 Å². The fraction of sp³-hybridized carbons (Fsp3) is 0.762. The Labute approximate surface area is 168 Å². The monoisotopic (exact) mass is 389 g/mol. The molecule has 7 heteroatoms. The molecule has 0 bridgehead atoms. The first-order chi connectivity index (χ1) is 13.3. The van der Waals surface area contributed by atoms with Crippen LogP contribution < -0.4 is 4.90 Å². The first kappa shape index (κ1) is 21.0. The quantitative estimate of drug-likeness (QED) is 0.829. The van der Waals surface area contributed by atoms with Crippen LogP contribution in [-0.4, -0.2) is 83.7 Å². The summed E-state index contributed by atoms with van der Waals surface area (Å²) < 4.78 is 0. The largest absolute Gasteiger partial charge is 0.396 e. The summed E-state index contributed by atoms with van der Waals surface area (Å²) in [5, 5.41) is 9.73. The van der Waals surface area contributed by atoms with Crippen molar-refractivity contribution in [3.8, 4) is 0 Å². The average Bonchev–Trinajstić information content (AvgIpc) is 3.20. The standard InChI is InChI=1S/C21H35N5O2/c1-6-21(14-27)8-11-25(12-9-21)20(28)18-22-16(3)15(2)19(23-18)26-10-7-17(13-26)24(4)5/h17,27H,6-14H2,1-5H3/t17-/m1/s1. The Hall–Kier alpha value is -1.73. The highest BCUT2D eigenvalue weighted by Gasteiger charge is 2.35. The Bertz CT molecular complexity index is 707. The van der Waals surface area contributed by atoms with Crippen LogP contribution in [0.2, 0.25) is 0 Å². The third-order valence-electron chi connectivity index (χ3n) is 6.94. The zero-order valence-corrected chi connectivity index (χ0v) is 18.0. The number of aryl methyl sites for hydroxylation is 1. The van der Waals surface area contributed by atoms with Gasteiger partial charge in [-0.3, -0.25) is 4.79 Å². The summed E-state index contributed by atoms with van der Waals surface area (Å²) in [4.78, 5) is 28.7. The molecule has 1 aromatic heterocycles. The van der Waals surface area contributed by atoms with Gasteiger partial charge in [-0.2, -0.15) is 0 Å². The molecular formula is C21H35N5O2. The van der Waals surface area contributed by atoms with Crippen molar-refractivity contribution in [3.63, 3.8) is 0 Å². The van der Waals surface area contributed by atoms with Gasteiger partial charge in [-0.15, -0.1) is 0 Å². The summed E-state index contributed by atoms with van der Waals surface area (Å²) >= 11 is 0. The summed E-state index contributed by atoms with van der Waals surface area (Å²) in [6.07, 6.45) is 3.71. The Morgan fingerprint density at radius 2 is 1.89 bits per heavy atom. The second-order valence-corrected chi connectivity index (χ2v) is 8.74. The number of likely N-dealkylation sites (tertiary alicyclic amines) is 1. The van der Waals surface area contributed by atoms with E-state index in [-0.39, 0.29) is 17.9 Å². The van der Waals surface area contributed by atoms with Gasteiger partial charge in [-0.05, 0) is 59.0 Å². The van der Waals surface area contributed by atoms with Crippen molar-refractivity contribution in [2.24, 2.45) is 5.41 Å². The van der Waals surface area contributed by atoms with Gasteiger partial charge in [0.15, 0.2) is 0 Å². The number of carbonyl (C=O) groups excluding carboxylic acids is 1. The molecule has 0 spiro atoms. The van der Waals surface area contributed by atoms with E-state index in [4.69, 9.17) is 4.98 Å². The smallest absolute Gasteiger partial charge is 0.291 e. The molecule has 0 radical (unpaired) electrons. The van der Waals surface area contributed by atoms with E-state index in [0.717, 1.165) is 55.8 Å². The summed E-state index contributed by atoms with van der Waals surface area (Å²) in [6, 6.07) is 0.511. The zero-order chi connectivity index (χ0) is 20.5.